The third kappa shape index (κ3) is 3.22. The van der Waals surface area contributed by atoms with E-state index in [1.165, 1.54) is 0 Å². The van der Waals surface area contributed by atoms with Gasteiger partial charge in [-0.2, -0.15) is 0 Å². The lowest BCUT2D eigenvalue weighted by atomic mass is 10.1. The molecule has 0 aliphatic carbocycles. The molecular weight excluding hydrogens is 362 g/mol. The van der Waals surface area contributed by atoms with Gasteiger partial charge in [-0.15, -0.1) is 0 Å². The standard InChI is InChI=1S/C21H18ClN3O2/c1-13-16-5-3-4-6-17(16)27-19(13)21(26)24-18(20-23-11-12-25(20)2)14-7-9-15(22)10-8-14/h3-12,18H,1-2H3,(H,24,26)/t18-/m1/s1. The van der Waals surface area contributed by atoms with E-state index in [4.69, 9.17) is 16.0 Å². The van der Waals surface area contributed by atoms with E-state index >= 15 is 0 Å². The topological polar surface area (TPSA) is 60.1 Å². The molecule has 6 heteroatoms. The van der Waals surface area contributed by atoms with Crippen molar-refractivity contribution in [3.05, 3.63) is 88.7 Å². The zero-order valence-electron chi connectivity index (χ0n) is 14.9. The lowest BCUT2D eigenvalue weighted by Crippen LogP contribution is -2.31. The number of nitrogens with zero attached hydrogens (tertiary/aromatic N) is 2. The van der Waals surface area contributed by atoms with Crippen LogP contribution >= 0.6 is 11.6 Å². The molecule has 1 amide bonds. The van der Waals surface area contributed by atoms with E-state index in [1.807, 2.05) is 61.1 Å². The van der Waals surface area contributed by atoms with Crippen LogP contribution in [-0.4, -0.2) is 15.5 Å². The molecular formula is C21H18ClN3O2. The molecule has 0 unspecified atom stereocenters. The largest absolute Gasteiger partial charge is 0.451 e. The van der Waals surface area contributed by atoms with Crippen LogP contribution in [0.15, 0.2) is 65.3 Å². The molecule has 0 aliphatic rings. The van der Waals surface area contributed by atoms with Crippen molar-refractivity contribution in [2.24, 2.45) is 7.05 Å². The van der Waals surface area contributed by atoms with Crippen LogP contribution in [0.1, 0.15) is 33.5 Å². The van der Waals surface area contributed by atoms with Gasteiger partial charge < -0.3 is 14.3 Å². The Morgan fingerprint density at radius 2 is 1.93 bits per heavy atom. The van der Waals surface area contributed by atoms with E-state index in [2.05, 4.69) is 10.3 Å². The van der Waals surface area contributed by atoms with E-state index < -0.39 is 6.04 Å². The van der Waals surface area contributed by atoms with Gasteiger partial charge in [0.2, 0.25) is 0 Å². The summed E-state index contributed by atoms with van der Waals surface area (Å²) in [6.45, 7) is 1.89. The Labute approximate surface area is 161 Å². The molecule has 1 atom stereocenters. The predicted molar refractivity (Wildman–Crippen MR) is 105 cm³/mol. The molecule has 136 valence electrons. The summed E-state index contributed by atoms with van der Waals surface area (Å²) >= 11 is 6.02. The quantitative estimate of drug-likeness (QED) is 0.561. The Kier molecular flexibility index (Phi) is 4.46. The first-order chi connectivity index (χ1) is 13.0. The van der Waals surface area contributed by atoms with Gasteiger partial charge >= 0.3 is 0 Å². The number of furan rings is 1. The molecule has 0 bridgehead atoms. The molecule has 4 rings (SSSR count). The van der Waals surface area contributed by atoms with Crippen molar-refractivity contribution < 1.29 is 9.21 Å². The summed E-state index contributed by atoms with van der Waals surface area (Å²) < 4.78 is 7.68. The lowest BCUT2D eigenvalue weighted by molar-refractivity contribution is 0.0914. The number of carbonyl (C=O) groups excluding carboxylic acids is 1. The normalized spacial score (nSPS) is 12.3. The van der Waals surface area contributed by atoms with E-state index in [0.29, 0.717) is 16.4 Å². The minimum atomic E-state index is -0.428. The minimum absolute atomic E-state index is 0.286. The lowest BCUT2D eigenvalue weighted by Gasteiger charge is -2.19. The van der Waals surface area contributed by atoms with Crippen LogP contribution in [0, 0.1) is 6.92 Å². The second-order valence-electron chi connectivity index (χ2n) is 6.41. The number of halogens is 1. The van der Waals surface area contributed by atoms with Gasteiger partial charge in [0.1, 0.15) is 17.4 Å². The number of fused-ring (bicyclic) bond motifs is 1. The number of hydrogen-bond acceptors (Lipinski definition) is 3. The fourth-order valence-corrected chi connectivity index (χ4v) is 3.32. The zero-order valence-corrected chi connectivity index (χ0v) is 15.7. The van der Waals surface area contributed by atoms with Crippen molar-refractivity contribution in [3.8, 4) is 0 Å². The highest BCUT2D eigenvalue weighted by molar-refractivity contribution is 6.30. The molecule has 0 fully saturated rings. The van der Waals surface area contributed by atoms with Gasteiger partial charge in [0.25, 0.3) is 5.91 Å². The Bertz CT molecular complexity index is 1110. The van der Waals surface area contributed by atoms with Gasteiger partial charge in [0, 0.05) is 35.4 Å². The Hall–Kier alpha value is -3.05. The fraction of sp³-hybridized carbons (Fsp3) is 0.143. The number of carbonyl (C=O) groups is 1. The Morgan fingerprint density at radius 1 is 1.19 bits per heavy atom. The second kappa shape index (κ2) is 6.93. The van der Waals surface area contributed by atoms with Crippen molar-refractivity contribution in [2.75, 3.05) is 0 Å². The number of hydrogen-bond donors (Lipinski definition) is 1. The second-order valence-corrected chi connectivity index (χ2v) is 6.84. The average molecular weight is 380 g/mol. The summed E-state index contributed by atoms with van der Waals surface area (Å²) in [7, 11) is 1.89. The molecule has 0 radical (unpaired) electrons. The summed E-state index contributed by atoms with van der Waals surface area (Å²) in [5, 5.41) is 4.62. The van der Waals surface area contributed by atoms with Crippen LogP contribution in [0.4, 0.5) is 0 Å². The van der Waals surface area contributed by atoms with Gasteiger partial charge in [-0.05, 0) is 30.7 Å². The van der Waals surface area contributed by atoms with Gasteiger partial charge in [-0.3, -0.25) is 4.79 Å². The number of aryl methyl sites for hydroxylation is 2. The van der Waals surface area contributed by atoms with Gasteiger partial charge in [-0.1, -0.05) is 41.9 Å². The van der Waals surface area contributed by atoms with E-state index in [1.54, 1.807) is 18.3 Å². The summed E-state index contributed by atoms with van der Waals surface area (Å²) in [5.74, 6) is 0.746. The first-order valence-corrected chi connectivity index (χ1v) is 8.94. The number of imidazole rings is 1. The molecule has 0 saturated carbocycles. The number of aromatic nitrogens is 2. The maximum absolute atomic E-state index is 13.0. The molecule has 5 nitrogen and oxygen atoms in total. The van der Waals surface area contributed by atoms with Crippen LogP contribution in [0.3, 0.4) is 0 Å². The van der Waals surface area contributed by atoms with E-state index in [-0.39, 0.29) is 5.91 Å². The molecule has 4 aromatic rings. The molecule has 2 aromatic heterocycles. The summed E-state index contributed by atoms with van der Waals surface area (Å²) in [6, 6.07) is 14.5. The first kappa shape index (κ1) is 17.4. The highest BCUT2D eigenvalue weighted by Gasteiger charge is 2.25. The number of rotatable bonds is 4. The molecule has 2 heterocycles. The minimum Gasteiger partial charge on any atom is -0.451 e. The first-order valence-electron chi connectivity index (χ1n) is 8.56. The molecule has 1 N–H and O–H groups in total. The molecule has 0 saturated heterocycles. The monoisotopic (exact) mass is 379 g/mol. The number of benzene rings is 2. The van der Waals surface area contributed by atoms with Crippen LogP contribution < -0.4 is 5.32 Å². The molecule has 0 aliphatic heterocycles. The Morgan fingerprint density at radius 3 is 2.59 bits per heavy atom. The molecule has 0 spiro atoms. The maximum Gasteiger partial charge on any atom is 0.288 e. The third-order valence-electron chi connectivity index (χ3n) is 4.65. The van der Waals surface area contributed by atoms with Crippen LogP contribution in [0.25, 0.3) is 11.0 Å². The number of amides is 1. The highest BCUT2D eigenvalue weighted by atomic mass is 35.5. The van der Waals surface area contributed by atoms with Crippen LogP contribution in [0.2, 0.25) is 5.02 Å². The summed E-state index contributed by atoms with van der Waals surface area (Å²) in [5.41, 5.74) is 2.40. The highest BCUT2D eigenvalue weighted by Crippen LogP contribution is 2.27. The average Bonchev–Trinajstić information content (AvgIpc) is 3.24. The van der Waals surface area contributed by atoms with Crippen molar-refractivity contribution in [1.82, 2.24) is 14.9 Å². The predicted octanol–water partition coefficient (Wildman–Crippen LogP) is 4.65. The SMILES string of the molecule is Cc1c(C(=O)N[C@H](c2ccc(Cl)cc2)c2nccn2C)oc2ccccc12. The van der Waals surface area contributed by atoms with Crippen molar-refractivity contribution in [1.29, 1.82) is 0 Å². The molecule has 2 aromatic carbocycles. The Balaban J connectivity index is 1.72. The van der Waals surface area contributed by atoms with Gasteiger partial charge in [0.15, 0.2) is 5.76 Å². The third-order valence-corrected chi connectivity index (χ3v) is 4.90. The summed E-state index contributed by atoms with van der Waals surface area (Å²) in [4.78, 5) is 17.4. The molecule has 27 heavy (non-hydrogen) atoms. The maximum atomic E-state index is 13.0. The number of para-hydroxylation sites is 1. The zero-order chi connectivity index (χ0) is 19.0. The van der Waals surface area contributed by atoms with Crippen molar-refractivity contribution in [3.63, 3.8) is 0 Å². The van der Waals surface area contributed by atoms with Gasteiger partial charge in [-0.25, -0.2) is 4.98 Å². The van der Waals surface area contributed by atoms with E-state index in [9.17, 15) is 4.79 Å². The van der Waals surface area contributed by atoms with Gasteiger partial charge in [0.05, 0.1) is 0 Å². The number of nitrogens with one attached hydrogen (secondary N) is 1. The van der Waals surface area contributed by atoms with E-state index in [0.717, 1.165) is 22.3 Å². The van der Waals surface area contributed by atoms with Crippen LogP contribution in [0.5, 0.6) is 0 Å². The van der Waals surface area contributed by atoms with Crippen molar-refractivity contribution in [2.45, 2.75) is 13.0 Å². The smallest absolute Gasteiger partial charge is 0.288 e. The summed E-state index contributed by atoms with van der Waals surface area (Å²) in [6.07, 6.45) is 3.55. The van der Waals surface area contributed by atoms with Crippen LogP contribution in [-0.2, 0) is 7.05 Å². The van der Waals surface area contributed by atoms with Crippen molar-refractivity contribution >= 4 is 28.5 Å². The fourth-order valence-electron chi connectivity index (χ4n) is 3.20.